The van der Waals surface area contributed by atoms with Crippen LogP contribution in [-0.2, 0) is 5.75 Å². The molecule has 0 saturated heterocycles. The molecule has 1 aromatic carbocycles. The van der Waals surface area contributed by atoms with Gasteiger partial charge in [-0.25, -0.2) is 0 Å². The quantitative estimate of drug-likeness (QED) is 0.676. The highest BCUT2D eigenvalue weighted by Crippen LogP contribution is 2.21. The summed E-state index contributed by atoms with van der Waals surface area (Å²) < 4.78 is 0. The fraction of sp³-hybridized carbons (Fsp3) is 0.133. The normalized spacial score (nSPS) is 9.61. The van der Waals surface area contributed by atoms with E-state index in [1.807, 2.05) is 36.7 Å². The molecule has 2 aromatic rings. The number of nitrogens with zero attached hydrogens (tertiary/aromatic N) is 1. The van der Waals surface area contributed by atoms with E-state index >= 15 is 0 Å². The monoisotopic (exact) mass is 254 g/mol. The van der Waals surface area contributed by atoms with E-state index in [1.54, 1.807) is 11.8 Å². The molecule has 1 aromatic heterocycles. The summed E-state index contributed by atoms with van der Waals surface area (Å²) in [6.45, 7) is 0.402. The zero-order valence-electron chi connectivity index (χ0n) is 9.97. The van der Waals surface area contributed by atoms with Crippen molar-refractivity contribution in [1.82, 2.24) is 4.98 Å². The molecule has 0 atom stereocenters. The molecule has 0 fully saturated rings. The summed E-state index contributed by atoms with van der Waals surface area (Å²) >= 11 is 1.80. The van der Waals surface area contributed by atoms with Crippen LogP contribution in [0.5, 0.6) is 0 Å². The predicted octanol–water partition coefficient (Wildman–Crippen LogP) is 2.68. The molecule has 0 bridgehead atoms. The van der Waals surface area contributed by atoms with E-state index in [1.165, 1.54) is 10.5 Å². The summed E-state index contributed by atoms with van der Waals surface area (Å²) in [4.78, 5) is 5.24. The lowest BCUT2D eigenvalue weighted by Crippen LogP contribution is -1.93. The van der Waals surface area contributed by atoms with Crippen molar-refractivity contribution >= 4 is 11.8 Å². The molecular weight excluding hydrogens is 240 g/mol. The Morgan fingerprint density at radius 2 is 1.78 bits per heavy atom. The number of rotatable bonds is 3. The van der Waals surface area contributed by atoms with Crippen LogP contribution in [0.25, 0.3) is 0 Å². The minimum atomic E-state index is 0.402. The average Bonchev–Trinajstić information content (AvgIpc) is 2.45. The number of hydrogen-bond donors (Lipinski definition) is 1. The summed E-state index contributed by atoms with van der Waals surface area (Å²) in [7, 11) is 0. The number of benzene rings is 1. The third kappa shape index (κ3) is 3.92. The molecule has 90 valence electrons. The Hall–Kier alpha value is -1.76. The van der Waals surface area contributed by atoms with Gasteiger partial charge in [-0.05, 0) is 29.8 Å². The van der Waals surface area contributed by atoms with E-state index in [0.717, 1.165) is 11.3 Å². The van der Waals surface area contributed by atoms with Crippen LogP contribution in [0, 0.1) is 11.8 Å². The SMILES string of the molecule is NCC#Cc1ccc(CSc2ccncc2)cc1. The second-order valence-electron chi connectivity index (χ2n) is 3.67. The lowest BCUT2D eigenvalue weighted by atomic mass is 10.1. The number of pyridine rings is 1. The Morgan fingerprint density at radius 3 is 2.44 bits per heavy atom. The number of aromatic nitrogens is 1. The van der Waals surface area contributed by atoms with E-state index in [-0.39, 0.29) is 0 Å². The average molecular weight is 254 g/mol. The first kappa shape index (κ1) is 12.7. The number of thioether (sulfide) groups is 1. The first-order valence-corrected chi connectivity index (χ1v) is 6.68. The van der Waals surface area contributed by atoms with Crippen LogP contribution in [0.4, 0.5) is 0 Å². The highest BCUT2D eigenvalue weighted by atomic mass is 32.2. The van der Waals surface area contributed by atoms with Crippen LogP contribution in [0.2, 0.25) is 0 Å². The van der Waals surface area contributed by atoms with Crippen LogP contribution < -0.4 is 5.73 Å². The van der Waals surface area contributed by atoms with Crippen molar-refractivity contribution in [2.75, 3.05) is 6.54 Å². The molecule has 0 aliphatic carbocycles. The van der Waals surface area contributed by atoms with E-state index in [4.69, 9.17) is 5.73 Å². The van der Waals surface area contributed by atoms with Gasteiger partial charge in [-0.3, -0.25) is 4.98 Å². The minimum Gasteiger partial charge on any atom is -0.320 e. The van der Waals surface area contributed by atoms with E-state index in [9.17, 15) is 0 Å². The van der Waals surface area contributed by atoms with Gasteiger partial charge in [0, 0.05) is 28.6 Å². The maximum atomic E-state index is 5.34. The Balaban J connectivity index is 1.94. The second kappa shape index (κ2) is 6.85. The van der Waals surface area contributed by atoms with Gasteiger partial charge in [0.15, 0.2) is 0 Å². The van der Waals surface area contributed by atoms with Gasteiger partial charge in [0.25, 0.3) is 0 Å². The minimum absolute atomic E-state index is 0.402. The number of nitrogens with two attached hydrogens (primary N) is 1. The van der Waals surface area contributed by atoms with Crippen molar-refractivity contribution < 1.29 is 0 Å². The maximum absolute atomic E-state index is 5.34. The maximum Gasteiger partial charge on any atom is 0.0555 e. The fourth-order valence-electron chi connectivity index (χ4n) is 1.44. The molecular formula is C15H14N2S. The largest absolute Gasteiger partial charge is 0.320 e. The molecule has 0 aliphatic heterocycles. The summed E-state index contributed by atoms with van der Waals surface area (Å²) in [5, 5.41) is 0. The topological polar surface area (TPSA) is 38.9 Å². The second-order valence-corrected chi connectivity index (χ2v) is 4.72. The highest BCUT2D eigenvalue weighted by Gasteiger charge is 1.96. The summed E-state index contributed by atoms with van der Waals surface area (Å²) in [5.41, 5.74) is 7.64. The van der Waals surface area contributed by atoms with Crippen LogP contribution in [0.3, 0.4) is 0 Å². The molecule has 2 rings (SSSR count). The highest BCUT2D eigenvalue weighted by molar-refractivity contribution is 7.98. The summed E-state index contributed by atoms with van der Waals surface area (Å²) in [6, 6.07) is 12.3. The molecule has 0 aliphatic rings. The Labute approximate surface area is 112 Å². The van der Waals surface area contributed by atoms with Crippen molar-refractivity contribution in [3.05, 3.63) is 59.9 Å². The first-order chi connectivity index (χ1) is 8.88. The third-order valence-corrected chi connectivity index (χ3v) is 3.43. The molecule has 2 nitrogen and oxygen atoms in total. The van der Waals surface area contributed by atoms with Crippen LogP contribution >= 0.6 is 11.8 Å². The smallest absolute Gasteiger partial charge is 0.0555 e. The molecule has 1 heterocycles. The summed E-state index contributed by atoms with van der Waals surface area (Å²) in [6.07, 6.45) is 3.63. The molecule has 0 amide bonds. The van der Waals surface area contributed by atoms with Crippen LogP contribution in [0.1, 0.15) is 11.1 Å². The molecule has 0 saturated carbocycles. The van der Waals surface area contributed by atoms with Crippen molar-refractivity contribution in [1.29, 1.82) is 0 Å². The lowest BCUT2D eigenvalue weighted by molar-refractivity contribution is 1.26. The van der Waals surface area contributed by atoms with E-state index < -0.39 is 0 Å². The molecule has 3 heteroatoms. The van der Waals surface area contributed by atoms with Gasteiger partial charge in [0.1, 0.15) is 0 Å². The van der Waals surface area contributed by atoms with Gasteiger partial charge < -0.3 is 5.73 Å². The third-order valence-electron chi connectivity index (χ3n) is 2.34. The van der Waals surface area contributed by atoms with Crippen molar-refractivity contribution in [3.63, 3.8) is 0 Å². The zero-order valence-corrected chi connectivity index (χ0v) is 10.8. The van der Waals surface area contributed by atoms with Gasteiger partial charge in [-0.15, -0.1) is 11.8 Å². The van der Waals surface area contributed by atoms with Gasteiger partial charge in [-0.2, -0.15) is 0 Å². The standard InChI is InChI=1S/C15H14N2S/c16-9-1-2-13-3-5-14(6-4-13)12-18-15-7-10-17-11-8-15/h3-8,10-11H,9,12,16H2. The molecule has 0 unspecified atom stereocenters. The predicted molar refractivity (Wildman–Crippen MR) is 76.2 cm³/mol. The Morgan fingerprint density at radius 1 is 1.06 bits per heavy atom. The van der Waals surface area contributed by atoms with Crippen LogP contribution in [-0.4, -0.2) is 11.5 Å². The Kier molecular flexibility index (Phi) is 4.83. The van der Waals surface area contributed by atoms with Gasteiger partial charge in [0.2, 0.25) is 0 Å². The Bertz CT molecular complexity index is 538. The van der Waals surface area contributed by atoms with Gasteiger partial charge >= 0.3 is 0 Å². The summed E-state index contributed by atoms with van der Waals surface area (Å²) in [5.74, 6) is 6.82. The van der Waals surface area contributed by atoms with E-state index in [0.29, 0.717) is 6.54 Å². The molecule has 18 heavy (non-hydrogen) atoms. The fourth-order valence-corrected chi connectivity index (χ4v) is 2.28. The lowest BCUT2D eigenvalue weighted by Gasteiger charge is -2.01. The molecule has 0 spiro atoms. The van der Waals surface area contributed by atoms with Gasteiger partial charge in [0.05, 0.1) is 6.54 Å². The van der Waals surface area contributed by atoms with Crippen LogP contribution in [0.15, 0.2) is 53.7 Å². The molecule has 2 N–H and O–H groups in total. The molecule has 0 radical (unpaired) electrons. The van der Waals surface area contributed by atoms with Gasteiger partial charge in [-0.1, -0.05) is 24.0 Å². The van der Waals surface area contributed by atoms with Crippen molar-refractivity contribution in [3.8, 4) is 11.8 Å². The van der Waals surface area contributed by atoms with Crippen molar-refractivity contribution in [2.24, 2.45) is 5.73 Å². The zero-order chi connectivity index (χ0) is 12.6. The number of hydrogen-bond acceptors (Lipinski definition) is 3. The first-order valence-electron chi connectivity index (χ1n) is 5.69. The van der Waals surface area contributed by atoms with Crippen molar-refractivity contribution in [2.45, 2.75) is 10.6 Å². The van der Waals surface area contributed by atoms with E-state index in [2.05, 4.69) is 29.0 Å².